The molecule has 2 rings (SSSR count). The molecule has 0 aliphatic carbocycles. The van der Waals surface area contributed by atoms with E-state index in [0.29, 0.717) is 10.8 Å². The Morgan fingerprint density at radius 3 is 2.60 bits per heavy atom. The van der Waals surface area contributed by atoms with Gasteiger partial charge in [-0.3, -0.25) is 4.72 Å². The lowest BCUT2D eigenvalue weighted by Crippen LogP contribution is -2.14. The number of sulfonamides is 1. The fourth-order valence-corrected chi connectivity index (χ4v) is 3.75. The molecular formula is C12H15N3O3S2. The summed E-state index contributed by atoms with van der Waals surface area (Å²) in [6.07, 6.45) is 0. The summed E-state index contributed by atoms with van der Waals surface area (Å²) in [7, 11) is -2.37. The van der Waals surface area contributed by atoms with Gasteiger partial charge in [0.15, 0.2) is 5.13 Å². The Hall–Kier alpha value is -1.80. The third-order valence-electron chi connectivity index (χ3n) is 2.68. The van der Waals surface area contributed by atoms with Crippen LogP contribution in [-0.2, 0) is 10.0 Å². The SMILES string of the molecule is COc1cc(C)c(N)cc1S(=O)(=O)Nc1nc(C)cs1. The largest absolute Gasteiger partial charge is 0.495 e. The van der Waals surface area contributed by atoms with Gasteiger partial charge in [0.1, 0.15) is 10.6 Å². The molecule has 3 N–H and O–H groups in total. The molecule has 20 heavy (non-hydrogen) atoms. The van der Waals surface area contributed by atoms with E-state index < -0.39 is 10.0 Å². The van der Waals surface area contributed by atoms with E-state index in [0.717, 1.165) is 11.3 Å². The van der Waals surface area contributed by atoms with Crippen LogP contribution in [0.4, 0.5) is 10.8 Å². The number of aryl methyl sites for hydroxylation is 2. The minimum Gasteiger partial charge on any atom is -0.495 e. The van der Waals surface area contributed by atoms with E-state index in [9.17, 15) is 8.42 Å². The first-order chi connectivity index (χ1) is 9.33. The van der Waals surface area contributed by atoms with Crippen LogP contribution in [0.15, 0.2) is 22.4 Å². The second-order valence-corrected chi connectivity index (χ2v) is 6.77. The van der Waals surface area contributed by atoms with E-state index in [1.54, 1.807) is 25.3 Å². The lowest BCUT2D eigenvalue weighted by atomic mass is 10.2. The van der Waals surface area contributed by atoms with Crippen LogP contribution < -0.4 is 15.2 Å². The smallest absolute Gasteiger partial charge is 0.267 e. The molecule has 0 fully saturated rings. The van der Waals surface area contributed by atoms with Crippen molar-refractivity contribution in [1.29, 1.82) is 0 Å². The Labute approximate surface area is 121 Å². The number of nitrogens with two attached hydrogens (primary N) is 1. The number of aromatic nitrogens is 1. The zero-order chi connectivity index (χ0) is 14.9. The van der Waals surface area contributed by atoms with E-state index in [1.807, 2.05) is 0 Å². The second-order valence-electron chi connectivity index (χ2n) is 4.26. The number of nitrogens with zero attached hydrogens (tertiary/aromatic N) is 1. The van der Waals surface area contributed by atoms with Crippen LogP contribution in [0.5, 0.6) is 5.75 Å². The molecule has 8 heteroatoms. The first kappa shape index (κ1) is 14.6. The predicted octanol–water partition coefficient (Wildman–Crippen LogP) is 2.15. The molecule has 6 nitrogen and oxygen atoms in total. The maximum atomic E-state index is 12.4. The summed E-state index contributed by atoms with van der Waals surface area (Å²) in [4.78, 5) is 4.07. The van der Waals surface area contributed by atoms with Gasteiger partial charge in [-0.15, -0.1) is 11.3 Å². The first-order valence-corrected chi connectivity index (χ1v) is 8.09. The molecule has 1 heterocycles. The quantitative estimate of drug-likeness (QED) is 0.843. The summed E-state index contributed by atoms with van der Waals surface area (Å²) < 4.78 is 32.3. The highest BCUT2D eigenvalue weighted by Crippen LogP contribution is 2.30. The lowest BCUT2D eigenvalue weighted by molar-refractivity contribution is 0.402. The molecule has 0 amide bonds. The number of nitrogens with one attached hydrogen (secondary N) is 1. The zero-order valence-electron chi connectivity index (χ0n) is 11.3. The molecule has 0 aliphatic rings. The van der Waals surface area contributed by atoms with Crippen LogP contribution in [0.25, 0.3) is 0 Å². The van der Waals surface area contributed by atoms with Crippen LogP contribution in [0.1, 0.15) is 11.3 Å². The fourth-order valence-electron chi connectivity index (χ4n) is 1.62. The van der Waals surface area contributed by atoms with Crippen LogP contribution in [-0.4, -0.2) is 20.5 Å². The molecule has 0 saturated heterocycles. The molecule has 1 aromatic heterocycles. The van der Waals surface area contributed by atoms with Crippen molar-refractivity contribution in [2.75, 3.05) is 17.6 Å². The van der Waals surface area contributed by atoms with Crippen LogP contribution >= 0.6 is 11.3 Å². The number of hydrogen-bond acceptors (Lipinski definition) is 6. The maximum absolute atomic E-state index is 12.4. The second kappa shape index (κ2) is 5.29. The number of benzene rings is 1. The van der Waals surface area contributed by atoms with Crippen molar-refractivity contribution in [2.45, 2.75) is 18.7 Å². The minimum absolute atomic E-state index is 0.00375. The number of ether oxygens (including phenoxy) is 1. The van der Waals surface area contributed by atoms with Gasteiger partial charge in [-0.25, -0.2) is 13.4 Å². The molecule has 0 bridgehead atoms. The fraction of sp³-hybridized carbons (Fsp3) is 0.250. The van der Waals surface area contributed by atoms with Gasteiger partial charge in [0.25, 0.3) is 10.0 Å². The zero-order valence-corrected chi connectivity index (χ0v) is 12.9. The van der Waals surface area contributed by atoms with Crippen molar-refractivity contribution < 1.29 is 13.2 Å². The molecule has 0 radical (unpaired) electrons. The summed E-state index contributed by atoms with van der Waals surface area (Å²) in [5, 5.41) is 2.07. The molecular weight excluding hydrogens is 298 g/mol. The standard InChI is InChI=1S/C12H15N3O3S2/c1-7-4-10(18-3)11(5-9(7)13)20(16,17)15-12-14-8(2)6-19-12/h4-6H,13H2,1-3H3,(H,14,15). The lowest BCUT2D eigenvalue weighted by Gasteiger charge is -2.12. The van der Waals surface area contributed by atoms with Gasteiger partial charge in [0.2, 0.25) is 0 Å². The highest BCUT2D eigenvalue weighted by atomic mass is 32.2. The van der Waals surface area contributed by atoms with Crippen molar-refractivity contribution in [3.63, 3.8) is 0 Å². The minimum atomic E-state index is -3.79. The van der Waals surface area contributed by atoms with Crippen molar-refractivity contribution in [3.8, 4) is 5.75 Å². The van der Waals surface area contributed by atoms with Gasteiger partial charge in [-0.1, -0.05) is 0 Å². The Kier molecular flexibility index (Phi) is 3.87. The Balaban J connectivity index is 2.46. The Bertz CT molecular complexity index is 738. The van der Waals surface area contributed by atoms with Gasteiger partial charge in [-0.2, -0.15) is 0 Å². The third kappa shape index (κ3) is 2.86. The van der Waals surface area contributed by atoms with E-state index in [2.05, 4.69) is 9.71 Å². The third-order valence-corrected chi connectivity index (χ3v) is 5.05. The van der Waals surface area contributed by atoms with Gasteiger partial charge < -0.3 is 10.5 Å². The molecule has 0 unspecified atom stereocenters. The van der Waals surface area contributed by atoms with Crippen LogP contribution in [0.3, 0.4) is 0 Å². The van der Waals surface area contributed by atoms with E-state index in [4.69, 9.17) is 10.5 Å². The number of nitrogen functional groups attached to an aromatic ring is 1. The number of thiazole rings is 1. The van der Waals surface area contributed by atoms with Crippen LogP contribution in [0.2, 0.25) is 0 Å². The van der Waals surface area contributed by atoms with E-state index in [-0.39, 0.29) is 10.6 Å². The number of hydrogen-bond donors (Lipinski definition) is 2. The van der Waals surface area contributed by atoms with Crippen LogP contribution in [0, 0.1) is 13.8 Å². The monoisotopic (exact) mass is 313 g/mol. The molecule has 2 aromatic rings. The Morgan fingerprint density at radius 2 is 2.05 bits per heavy atom. The molecule has 1 aromatic carbocycles. The predicted molar refractivity (Wildman–Crippen MR) is 79.8 cm³/mol. The summed E-state index contributed by atoms with van der Waals surface area (Å²) in [5.74, 6) is 0.248. The average Bonchev–Trinajstić information content (AvgIpc) is 2.76. The topological polar surface area (TPSA) is 94.3 Å². The first-order valence-electron chi connectivity index (χ1n) is 5.72. The van der Waals surface area contributed by atoms with Crippen molar-refractivity contribution in [2.24, 2.45) is 0 Å². The highest BCUT2D eigenvalue weighted by Gasteiger charge is 2.22. The van der Waals surface area contributed by atoms with Gasteiger partial charge >= 0.3 is 0 Å². The summed E-state index contributed by atoms with van der Waals surface area (Å²) in [6, 6.07) is 2.98. The molecule has 0 saturated carbocycles. The van der Waals surface area contributed by atoms with Crippen molar-refractivity contribution in [1.82, 2.24) is 4.98 Å². The highest BCUT2D eigenvalue weighted by molar-refractivity contribution is 7.93. The van der Waals surface area contributed by atoms with Gasteiger partial charge in [-0.05, 0) is 31.5 Å². The number of methoxy groups -OCH3 is 1. The summed E-state index contributed by atoms with van der Waals surface area (Å²) >= 11 is 1.22. The molecule has 0 aliphatic heterocycles. The van der Waals surface area contributed by atoms with E-state index >= 15 is 0 Å². The van der Waals surface area contributed by atoms with Gasteiger partial charge in [0.05, 0.1) is 12.8 Å². The summed E-state index contributed by atoms with van der Waals surface area (Å²) in [5.41, 5.74) is 7.68. The maximum Gasteiger partial charge on any atom is 0.267 e. The Morgan fingerprint density at radius 1 is 1.35 bits per heavy atom. The van der Waals surface area contributed by atoms with Crippen molar-refractivity contribution in [3.05, 3.63) is 28.8 Å². The summed E-state index contributed by atoms with van der Waals surface area (Å²) in [6.45, 7) is 3.57. The average molecular weight is 313 g/mol. The molecule has 0 atom stereocenters. The molecule has 108 valence electrons. The molecule has 0 spiro atoms. The van der Waals surface area contributed by atoms with E-state index in [1.165, 1.54) is 24.5 Å². The van der Waals surface area contributed by atoms with Gasteiger partial charge in [0, 0.05) is 11.1 Å². The number of anilines is 2. The number of rotatable bonds is 4. The normalized spacial score (nSPS) is 11.3. The van der Waals surface area contributed by atoms with Crippen molar-refractivity contribution >= 4 is 32.2 Å².